The Morgan fingerprint density at radius 3 is 2.76 bits per heavy atom. The summed E-state index contributed by atoms with van der Waals surface area (Å²) in [5, 5.41) is 11.2. The second-order valence-electron chi connectivity index (χ2n) is 4.34. The summed E-state index contributed by atoms with van der Waals surface area (Å²) in [6, 6.07) is 0.456. The van der Waals surface area contributed by atoms with Crippen LogP contribution in [-0.2, 0) is 13.6 Å². The van der Waals surface area contributed by atoms with Gasteiger partial charge in [0, 0.05) is 30.8 Å². The molecule has 0 fully saturated rings. The highest BCUT2D eigenvalue weighted by Gasteiger charge is 2.10. The molecule has 17 heavy (non-hydrogen) atoms. The molecule has 6 nitrogen and oxygen atoms in total. The maximum Gasteiger partial charge on any atom is 0.321 e. The van der Waals surface area contributed by atoms with Gasteiger partial charge in [-0.25, -0.2) is 0 Å². The van der Waals surface area contributed by atoms with E-state index in [1.807, 2.05) is 38.7 Å². The minimum atomic E-state index is 0.273. The quantitative estimate of drug-likeness (QED) is 0.875. The van der Waals surface area contributed by atoms with Gasteiger partial charge in [0.05, 0.1) is 6.20 Å². The Kier molecular flexibility index (Phi) is 3.12. The van der Waals surface area contributed by atoms with E-state index in [9.17, 15) is 0 Å². The van der Waals surface area contributed by atoms with Crippen molar-refractivity contribution in [3.63, 3.8) is 0 Å². The standard InChI is InChI=1S/C11H17N5O/c1-7(2)10-14-11(17-15-10)12-5-9-6-13-16(4)8(9)3/h6-7H,5H2,1-4H3,(H,12,14,15). The van der Waals surface area contributed by atoms with E-state index < -0.39 is 0 Å². The Balaban J connectivity index is 2.00. The molecule has 0 saturated heterocycles. The summed E-state index contributed by atoms with van der Waals surface area (Å²) >= 11 is 0. The lowest BCUT2D eigenvalue weighted by Crippen LogP contribution is -2.02. The molecule has 1 N–H and O–H groups in total. The van der Waals surface area contributed by atoms with Crippen molar-refractivity contribution in [2.75, 3.05) is 5.32 Å². The first-order chi connectivity index (χ1) is 8.08. The van der Waals surface area contributed by atoms with Gasteiger partial charge < -0.3 is 9.84 Å². The molecule has 2 aromatic heterocycles. The van der Waals surface area contributed by atoms with Crippen LogP contribution < -0.4 is 5.32 Å². The number of nitrogens with one attached hydrogen (secondary N) is 1. The topological polar surface area (TPSA) is 68.8 Å². The fourth-order valence-corrected chi connectivity index (χ4v) is 1.43. The van der Waals surface area contributed by atoms with Crippen molar-refractivity contribution < 1.29 is 4.52 Å². The van der Waals surface area contributed by atoms with Crippen LogP contribution in [-0.4, -0.2) is 19.9 Å². The van der Waals surface area contributed by atoms with E-state index in [0.717, 1.165) is 17.1 Å². The van der Waals surface area contributed by atoms with Gasteiger partial charge in [-0.3, -0.25) is 4.68 Å². The third kappa shape index (κ3) is 2.46. The van der Waals surface area contributed by atoms with E-state index in [1.165, 1.54) is 0 Å². The van der Waals surface area contributed by atoms with Crippen LogP contribution in [0.4, 0.5) is 6.01 Å². The zero-order valence-corrected chi connectivity index (χ0v) is 10.6. The average molecular weight is 235 g/mol. The molecule has 0 radical (unpaired) electrons. The van der Waals surface area contributed by atoms with Gasteiger partial charge in [-0.2, -0.15) is 10.1 Å². The third-order valence-electron chi connectivity index (χ3n) is 2.73. The van der Waals surface area contributed by atoms with E-state index >= 15 is 0 Å². The lowest BCUT2D eigenvalue weighted by molar-refractivity contribution is 0.419. The number of aromatic nitrogens is 4. The Morgan fingerprint density at radius 1 is 1.47 bits per heavy atom. The van der Waals surface area contributed by atoms with Crippen LogP contribution in [0.1, 0.15) is 36.8 Å². The van der Waals surface area contributed by atoms with Crippen molar-refractivity contribution in [3.05, 3.63) is 23.3 Å². The van der Waals surface area contributed by atoms with Gasteiger partial charge in [-0.05, 0) is 6.92 Å². The summed E-state index contributed by atoms with van der Waals surface area (Å²) < 4.78 is 6.93. The SMILES string of the molecule is Cc1c(CNc2nc(C(C)C)no2)cnn1C. The van der Waals surface area contributed by atoms with Crippen molar-refractivity contribution in [3.8, 4) is 0 Å². The van der Waals surface area contributed by atoms with E-state index in [0.29, 0.717) is 12.6 Å². The van der Waals surface area contributed by atoms with Gasteiger partial charge in [0.15, 0.2) is 5.82 Å². The van der Waals surface area contributed by atoms with Gasteiger partial charge in [0.25, 0.3) is 0 Å². The zero-order chi connectivity index (χ0) is 12.4. The van der Waals surface area contributed by atoms with Gasteiger partial charge in [-0.15, -0.1) is 0 Å². The first-order valence-electron chi connectivity index (χ1n) is 5.63. The highest BCUT2D eigenvalue weighted by atomic mass is 16.5. The van der Waals surface area contributed by atoms with E-state index in [2.05, 4.69) is 20.6 Å². The second-order valence-corrected chi connectivity index (χ2v) is 4.34. The molecular weight excluding hydrogens is 218 g/mol. The molecule has 0 spiro atoms. The maximum absolute atomic E-state index is 5.09. The van der Waals surface area contributed by atoms with Crippen molar-refractivity contribution in [2.45, 2.75) is 33.2 Å². The monoisotopic (exact) mass is 235 g/mol. The predicted molar refractivity (Wildman–Crippen MR) is 63.7 cm³/mol. The van der Waals surface area contributed by atoms with Gasteiger partial charge >= 0.3 is 6.01 Å². The molecule has 0 aliphatic carbocycles. The summed E-state index contributed by atoms with van der Waals surface area (Å²) in [5.41, 5.74) is 2.25. The van der Waals surface area contributed by atoms with Crippen molar-refractivity contribution in [1.29, 1.82) is 0 Å². The van der Waals surface area contributed by atoms with Gasteiger partial charge in [-0.1, -0.05) is 19.0 Å². The Morgan fingerprint density at radius 2 is 2.24 bits per heavy atom. The Hall–Kier alpha value is -1.85. The summed E-state index contributed by atoms with van der Waals surface area (Å²) in [7, 11) is 1.92. The molecule has 2 heterocycles. The van der Waals surface area contributed by atoms with Crippen LogP contribution >= 0.6 is 0 Å². The number of hydrogen-bond donors (Lipinski definition) is 1. The number of hydrogen-bond acceptors (Lipinski definition) is 5. The Bertz CT molecular complexity index is 500. The molecule has 2 rings (SSSR count). The molecule has 2 aromatic rings. The highest BCUT2D eigenvalue weighted by Crippen LogP contribution is 2.14. The minimum Gasteiger partial charge on any atom is -0.334 e. The van der Waals surface area contributed by atoms with Crippen LogP contribution in [0.3, 0.4) is 0 Å². The molecular formula is C11H17N5O. The number of aryl methyl sites for hydroxylation is 1. The van der Waals surface area contributed by atoms with Crippen molar-refractivity contribution >= 4 is 6.01 Å². The molecule has 0 atom stereocenters. The first-order valence-corrected chi connectivity index (χ1v) is 5.63. The molecule has 6 heteroatoms. The minimum absolute atomic E-state index is 0.273. The second kappa shape index (κ2) is 4.57. The Labute approximate surface area is 100 Å². The summed E-state index contributed by atoms with van der Waals surface area (Å²) in [6.45, 7) is 6.72. The fourth-order valence-electron chi connectivity index (χ4n) is 1.43. The van der Waals surface area contributed by atoms with Crippen LogP contribution in [0.5, 0.6) is 0 Å². The van der Waals surface area contributed by atoms with E-state index in [4.69, 9.17) is 4.52 Å². The van der Waals surface area contributed by atoms with Crippen molar-refractivity contribution in [1.82, 2.24) is 19.9 Å². The summed E-state index contributed by atoms with van der Waals surface area (Å²) in [6.07, 6.45) is 1.84. The fraction of sp³-hybridized carbons (Fsp3) is 0.545. The normalized spacial score (nSPS) is 11.1. The summed E-state index contributed by atoms with van der Waals surface area (Å²) in [5.74, 6) is 0.991. The van der Waals surface area contributed by atoms with Crippen LogP contribution in [0.25, 0.3) is 0 Å². The molecule has 0 aliphatic rings. The molecule has 0 amide bonds. The summed E-state index contributed by atoms with van der Waals surface area (Å²) in [4.78, 5) is 4.25. The molecule has 0 unspecified atom stereocenters. The predicted octanol–water partition coefficient (Wildman–Crippen LogP) is 1.85. The van der Waals surface area contributed by atoms with E-state index in [1.54, 1.807) is 0 Å². The average Bonchev–Trinajstić information content (AvgIpc) is 2.86. The van der Waals surface area contributed by atoms with Crippen LogP contribution in [0, 0.1) is 6.92 Å². The number of nitrogens with zero attached hydrogens (tertiary/aromatic N) is 4. The van der Waals surface area contributed by atoms with Gasteiger partial charge in [0.2, 0.25) is 0 Å². The zero-order valence-electron chi connectivity index (χ0n) is 10.6. The largest absolute Gasteiger partial charge is 0.334 e. The molecule has 92 valence electrons. The lowest BCUT2D eigenvalue weighted by atomic mass is 10.2. The highest BCUT2D eigenvalue weighted by molar-refractivity contribution is 5.25. The molecule has 0 bridgehead atoms. The maximum atomic E-state index is 5.09. The van der Waals surface area contributed by atoms with Crippen LogP contribution in [0.15, 0.2) is 10.7 Å². The third-order valence-corrected chi connectivity index (χ3v) is 2.73. The smallest absolute Gasteiger partial charge is 0.321 e. The number of anilines is 1. The lowest BCUT2D eigenvalue weighted by Gasteiger charge is -2.00. The first kappa shape index (κ1) is 11.6. The van der Waals surface area contributed by atoms with Crippen molar-refractivity contribution in [2.24, 2.45) is 7.05 Å². The molecule has 0 aromatic carbocycles. The van der Waals surface area contributed by atoms with Gasteiger partial charge in [0.1, 0.15) is 0 Å². The van der Waals surface area contributed by atoms with E-state index in [-0.39, 0.29) is 5.92 Å². The number of rotatable bonds is 4. The molecule has 0 saturated carbocycles. The van der Waals surface area contributed by atoms with Crippen LogP contribution in [0.2, 0.25) is 0 Å². The molecule has 0 aliphatic heterocycles.